The Morgan fingerprint density at radius 2 is 1.88 bits per heavy atom. The first-order chi connectivity index (χ1) is 8.40. The van der Waals surface area contributed by atoms with Gasteiger partial charge < -0.3 is 4.57 Å². The van der Waals surface area contributed by atoms with Crippen LogP contribution in [0, 0.1) is 5.92 Å². The summed E-state index contributed by atoms with van der Waals surface area (Å²) in [6, 6.07) is 12.9. The van der Waals surface area contributed by atoms with E-state index in [1.54, 1.807) is 0 Å². The van der Waals surface area contributed by atoms with Gasteiger partial charge in [0.2, 0.25) is 0 Å². The van der Waals surface area contributed by atoms with E-state index in [2.05, 4.69) is 66.2 Å². The van der Waals surface area contributed by atoms with Gasteiger partial charge in [-0.3, -0.25) is 0 Å². The maximum atomic E-state index is 2.34. The predicted octanol–water partition coefficient (Wildman–Crippen LogP) is 3.90. The lowest BCUT2D eigenvalue weighted by Gasteiger charge is -2.14. The van der Waals surface area contributed by atoms with Crippen LogP contribution in [0.2, 0.25) is 0 Å². The van der Waals surface area contributed by atoms with Crippen LogP contribution in [0.15, 0.2) is 48.7 Å². The summed E-state index contributed by atoms with van der Waals surface area (Å²) in [4.78, 5) is 0. The summed E-state index contributed by atoms with van der Waals surface area (Å²) in [5, 5.41) is 0. The monoisotopic (exact) mass is 222 g/mol. The Labute approximate surface area is 102 Å². The van der Waals surface area contributed by atoms with Crippen LogP contribution < -0.4 is 0 Å². The fraction of sp³-hybridized carbons (Fsp3) is 0.188. The topological polar surface area (TPSA) is 4.93 Å². The predicted molar refractivity (Wildman–Crippen MR) is 71.6 cm³/mol. The van der Waals surface area contributed by atoms with Gasteiger partial charge in [0.25, 0.3) is 0 Å². The maximum Gasteiger partial charge on any atom is 0.0730 e. The van der Waals surface area contributed by atoms with Gasteiger partial charge in [-0.25, -0.2) is 0 Å². The van der Waals surface area contributed by atoms with E-state index in [-0.39, 0.29) is 0 Å². The van der Waals surface area contributed by atoms with Crippen molar-refractivity contribution in [3.05, 3.63) is 71.4 Å². The molecule has 0 aliphatic heterocycles. The highest BCUT2D eigenvalue weighted by atomic mass is 15.0. The average Bonchev–Trinajstić information content (AvgIpc) is 2.95. The van der Waals surface area contributed by atoms with E-state index < -0.39 is 0 Å². The van der Waals surface area contributed by atoms with E-state index in [4.69, 9.17) is 0 Å². The van der Waals surface area contributed by atoms with Crippen molar-refractivity contribution in [2.45, 2.75) is 19.9 Å². The molecule has 17 heavy (non-hydrogen) atoms. The third-order valence-electron chi connectivity index (χ3n) is 3.25. The molecule has 3 rings (SSSR count). The van der Waals surface area contributed by atoms with Gasteiger partial charge in [-0.2, -0.15) is 0 Å². The van der Waals surface area contributed by atoms with Crippen LogP contribution in [0.25, 0.3) is 6.08 Å². The van der Waals surface area contributed by atoms with E-state index in [0.717, 1.165) is 6.54 Å². The Morgan fingerprint density at radius 1 is 1.00 bits per heavy atom. The Morgan fingerprint density at radius 3 is 2.76 bits per heavy atom. The lowest BCUT2D eigenvalue weighted by Crippen LogP contribution is -2.06. The summed E-state index contributed by atoms with van der Waals surface area (Å²) < 4.78 is 2.34. The van der Waals surface area contributed by atoms with Gasteiger partial charge in [-0.1, -0.05) is 43.3 Å². The molecular weight excluding hydrogens is 206 g/mol. The smallest absolute Gasteiger partial charge is 0.0730 e. The molecule has 1 nitrogen and oxygen atoms in total. The Hall–Kier alpha value is -1.76. The molecule has 0 amide bonds. The summed E-state index contributed by atoms with van der Waals surface area (Å²) in [5.41, 5.74) is 4.00. The van der Waals surface area contributed by atoms with E-state index in [1.165, 1.54) is 29.2 Å². The van der Waals surface area contributed by atoms with Crippen LogP contribution >= 0.6 is 0 Å². The van der Waals surface area contributed by atoms with Crippen LogP contribution in [0.1, 0.15) is 30.2 Å². The minimum Gasteiger partial charge on any atom is -0.350 e. The second kappa shape index (κ2) is 4.25. The summed E-state index contributed by atoms with van der Waals surface area (Å²) in [6.07, 6.45) is 7.76. The Kier molecular flexibility index (Phi) is 2.60. The van der Waals surface area contributed by atoms with Gasteiger partial charge >= 0.3 is 0 Å². The van der Waals surface area contributed by atoms with Crippen molar-refractivity contribution < 1.29 is 0 Å². The van der Waals surface area contributed by atoms with Crippen LogP contribution in [-0.4, -0.2) is 4.57 Å². The lowest BCUT2D eigenvalue weighted by molar-refractivity contribution is 0.666. The number of hydrogen-bond acceptors (Lipinski definition) is 0. The fourth-order valence-electron chi connectivity index (χ4n) is 2.47. The zero-order valence-electron chi connectivity index (χ0n) is 10.1. The molecule has 1 aliphatic rings. The van der Waals surface area contributed by atoms with Gasteiger partial charge in [-0.15, -0.1) is 0 Å². The lowest BCUT2D eigenvalue weighted by atomic mass is 9.97. The SMILES string of the molecule is CCCn1cccc1[C]1C=Cc2ccccc21. The molecule has 1 aromatic heterocycles. The van der Waals surface area contributed by atoms with Crippen molar-refractivity contribution in [1.82, 2.24) is 4.57 Å². The molecule has 2 aromatic rings. The second-order valence-electron chi connectivity index (χ2n) is 4.42. The molecule has 0 bridgehead atoms. The van der Waals surface area contributed by atoms with Crippen LogP contribution in [-0.2, 0) is 6.54 Å². The van der Waals surface area contributed by atoms with Crippen molar-refractivity contribution in [2.24, 2.45) is 0 Å². The molecule has 0 saturated heterocycles. The molecule has 1 radical (unpaired) electrons. The minimum atomic E-state index is 1.09. The molecule has 0 saturated carbocycles. The maximum absolute atomic E-state index is 2.34. The first-order valence-corrected chi connectivity index (χ1v) is 6.20. The standard InChI is InChI=1S/C16H16N/c1-2-11-17-12-5-8-16(17)15-10-9-13-6-3-4-7-14(13)15/h3-10,12H,2,11H2,1H3. The van der Waals surface area contributed by atoms with Gasteiger partial charge in [0.05, 0.1) is 5.92 Å². The number of benzene rings is 1. The summed E-state index contributed by atoms with van der Waals surface area (Å²) in [5.74, 6) is 1.35. The molecule has 1 heteroatoms. The molecular formula is C16H16N. The number of aryl methyl sites for hydroxylation is 1. The zero-order chi connectivity index (χ0) is 11.7. The first-order valence-electron chi connectivity index (χ1n) is 6.20. The number of hydrogen-bond donors (Lipinski definition) is 0. The highest BCUT2D eigenvalue weighted by Gasteiger charge is 2.21. The van der Waals surface area contributed by atoms with Crippen LogP contribution in [0.5, 0.6) is 0 Å². The molecule has 0 unspecified atom stereocenters. The molecule has 1 heterocycles. The normalized spacial score (nSPS) is 14.2. The quantitative estimate of drug-likeness (QED) is 0.742. The van der Waals surface area contributed by atoms with E-state index in [1.807, 2.05) is 0 Å². The number of fused-ring (bicyclic) bond motifs is 1. The highest BCUT2D eigenvalue weighted by Crippen LogP contribution is 2.34. The van der Waals surface area contributed by atoms with Crippen molar-refractivity contribution in [3.8, 4) is 0 Å². The first kappa shape index (κ1) is 10.4. The summed E-state index contributed by atoms with van der Waals surface area (Å²) in [6.45, 7) is 3.30. The fourth-order valence-corrected chi connectivity index (χ4v) is 2.47. The van der Waals surface area contributed by atoms with E-state index >= 15 is 0 Å². The van der Waals surface area contributed by atoms with Crippen molar-refractivity contribution in [1.29, 1.82) is 0 Å². The second-order valence-corrected chi connectivity index (χ2v) is 4.42. The minimum absolute atomic E-state index is 1.09. The summed E-state index contributed by atoms with van der Waals surface area (Å²) >= 11 is 0. The van der Waals surface area contributed by atoms with Crippen LogP contribution in [0.4, 0.5) is 0 Å². The molecule has 1 aliphatic carbocycles. The molecule has 0 N–H and O–H groups in total. The molecule has 0 spiro atoms. The molecule has 0 atom stereocenters. The number of aromatic nitrogens is 1. The average molecular weight is 222 g/mol. The molecule has 85 valence electrons. The van der Waals surface area contributed by atoms with Crippen molar-refractivity contribution in [2.75, 3.05) is 0 Å². The molecule has 1 aromatic carbocycles. The van der Waals surface area contributed by atoms with Crippen LogP contribution in [0.3, 0.4) is 0 Å². The van der Waals surface area contributed by atoms with E-state index in [9.17, 15) is 0 Å². The number of rotatable bonds is 3. The van der Waals surface area contributed by atoms with Gasteiger partial charge in [0.1, 0.15) is 0 Å². The third kappa shape index (κ3) is 1.72. The zero-order valence-corrected chi connectivity index (χ0v) is 10.1. The molecule has 0 fully saturated rings. The Bertz CT molecular complexity index is 548. The van der Waals surface area contributed by atoms with Crippen molar-refractivity contribution >= 4 is 6.08 Å². The summed E-state index contributed by atoms with van der Waals surface area (Å²) in [7, 11) is 0. The van der Waals surface area contributed by atoms with Gasteiger partial charge in [-0.05, 0) is 29.7 Å². The third-order valence-corrected chi connectivity index (χ3v) is 3.25. The van der Waals surface area contributed by atoms with E-state index in [0.29, 0.717) is 0 Å². The number of allylic oxidation sites excluding steroid dienone is 1. The van der Waals surface area contributed by atoms with Crippen molar-refractivity contribution in [3.63, 3.8) is 0 Å². The highest BCUT2D eigenvalue weighted by molar-refractivity contribution is 5.72. The van der Waals surface area contributed by atoms with Gasteiger partial charge in [0, 0.05) is 18.4 Å². The largest absolute Gasteiger partial charge is 0.350 e. The van der Waals surface area contributed by atoms with Gasteiger partial charge in [0.15, 0.2) is 0 Å². The number of nitrogens with zero attached hydrogens (tertiary/aromatic N) is 1. The Balaban J connectivity index is 2.01.